The molecule has 198 valence electrons. The molecule has 2 nitrogen and oxygen atoms in total. The van der Waals surface area contributed by atoms with Crippen LogP contribution in [0.25, 0.3) is 0 Å². The van der Waals surface area contributed by atoms with Crippen molar-refractivity contribution in [2.24, 2.45) is 0 Å². The Morgan fingerprint density at radius 3 is 2.03 bits per heavy atom. The second-order valence-corrected chi connectivity index (χ2v) is 13.7. The van der Waals surface area contributed by atoms with Crippen molar-refractivity contribution in [2.45, 2.75) is 52.1 Å². The van der Waals surface area contributed by atoms with E-state index in [0.29, 0.717) is 8.58 Å². The molecule has 0 N–H and O–H groups in total. The van der Waals surface area contributed by atoms with Crippen LogP contribution in [0.5, 0.6) is 5.75 Å². The minimum Gasteiger partial charge on any atom is -0.467 e. The number of methoxy groups -OCH3 is 1. The second kappa shape index (κ2) is 13.5. The standard InChI is InChI=1S/C34H40O2P2/c1-6-23-34(7-2,30-24-26(3)21-22-31(30)36-25-35-5)37-33-27(4)15-14-20-32(33)38(28-16-10-8-11-17-28)29-18-12-9-13-19-29/h8-22,24,37H,6-7,23,25H2,1-5H3. The van der Waals surface area contributed by atoms with Crippen molar-refractivity contribution in [3.8, 4) is 5.75 Å². The van der Waals surface area contributed by atoms with Crippen molar-refractivity contribution in [1.82, 2.24) is 0 Å². The molecule has 0 bridgehead atoms. The Morgan fingerprint density at radius 2 is 1.45 bits per heavy atom. The molecular weight excluding hydrogens is 502 g/mol. The number of rotatable bonds is 12. The topological polar surface area (TPSA) is 18.5 Å². The van der Waals surface area contributed by atoms with Gasteiger partial charge in [-0.2, -0.15) is 0 Å². The summed E-state index contributed by atoms with van der Waals surface area (Å²) >= 11 is 0. The van der Waals surface area contributed by atoms with Gasteiger partial charge < -0.3 is 9.47 Å². The molecular formula is C34H40O2P2. The minimum absolute atomic E-state index is 0.0148. The molecule has 0 heterocycles. The van der Waals surface area contributed by atoms with E-state index < -0.39 is 7.92 Å². The highest BCUT2D eigenvalue weighted by Crippen LogP contribution is 2.52. The molecule has 2 atom stereocenters. The Bertz CT molecular complexity index is 1270. The van der Waals surface area contributed by atoms with E-state index in [4.69, 9.17) is 9.47 Å². The summed E-state index contributed by atoms with van der Waals surface area (Å²) in [5.41, 5.74) is 3.96. The lowest BCUT2D eigenvalue weighted by Crippen LogP contribution is -2.34. The summed E-state index contributed by atoms with van der Waals surface area (Å²) in [4.78, 5) is 0. The summed E-state index contributed by atoms with van der Waals surface area (Å²) < 4.78 is 11.5. The van der Waals surface area contributed by atoms with E-state index in [9.17, 15) is 0 Å². The highest BCUT2D eigenvalue weighted by atomic mass is 31.1. The molecule has 0 fully saturated rings. The van der Waals surface area contributed by atoms with Gasteiger partial charge in [-0.15, -0.1) is 0 Å². The van der Waals surface area contributed by atoms with Gasteiger partial charge in [0.1, 0.15) is 5.75 Å². The third-order valence-corrected chi connectivity index (χ3v) is 12.1. The summed E-state index contributed by atoms with van der Waals surface area (Å²) in [5.74, 6) is 0.948. The fourth-order valence-corrected chi connectivity index (χ4v) is 10.0. The van der Waals surface area contributed by atoms with Crippen molar-refractivity contribution in [3.63, 3.8) is 0 Å². The first kappa shape index (κ1) is 28.5. The normalized spacial score (nSPS) is 13.2. The van der Waals surface area contributed by atoms with Gasteiger partial charge in [0, 0.05) is 17.8 Å². The first-order chi connectivity index (χ1) is 18.5. The largest absolute Gasteiger partial charge is 0.467 e. The van der Waals surface area contributed by atoms with Crippen molar-refractivity contribution in [2.75, 3.05) is 13.9 Å². The Balaban J connectivity index is 1.91. The highest BCUT2D eigenvalue weighted by Gasteiger charge is 2.35. The average molecular weight is 543 g/mol. The zero-order valence-corrected chi connectivity index (χ0v) is 25.2. The van der Waals surface area contributed by atoms with Gasteiger partial charge in [-0.3, -0.25) is 0 Å². The number of benzene rings is 4. The SMILES string of the molecule is CCCC(CC)(Pc1c(C)cccc1P(c1ccccc1)c1ccccc1)c1cc(C)ccc1OCOC. The van der Waals surface area contributed by atoms with Crippen LogP contribution in [-0.2, 0) is 9.89 Å². The van der Waals surface area contributed by atoms with Crippen molar-refractivity contribution in [3.05, 3.63) is 114 Å². The lowest BCUT2D eigenvalue weighted by atomic mass is 9.89. The number of aryl methyl sites for hydroxylation is 2. The van der Waals surface area contributed by atoms with E-state index in [0.717, 1.165) is 25.0 Å². The third kappa shape index (κ3) is 6.38. The monoisotopic (exact) mass is 542 g/mol. The van der Waals surface area contributed by atoms with Crippen LogP contribution in [0.15, 0.2) is 97.1 Å². The number of hydrogen-bond acceptors (Lipinski definition) is 2. The second-order valence-electron chi connectivity index (χ2n) is 9.84. The van der Waals surface area contributed by atoms with Crippen LogP contribution >= 0.6 is 16.5 Å². The van der Waals surface area contributed by atoms with Crippen LogP contribution in [0.1, 0.15) is 49.8 Å². The fourth-order valence-electron chi connectivity index (χ4n) is 5.23. The predicted molar refractivity (Wildman–Crippen MR) is 168 cm³/mol. The van der Waals surface area contributed by atoms with Gasteiger partial charge in [-0.1, -0.05) is 125 Å². The fraction of sp³-hybridized carbons (Fsp3) is 0.294. The quantitative estimate of drug-likeness (QED) is 0.137. The summed E-state index contributed by atoms with van der Waals surface area (Å²) in [6.45, 7) is 9.39. The van der Waals surface area contributed by atoms with Gasteiger partial charge in [0.05, 0.1) is 0 Å². The molecule has 0 aliphatic carbocycles. The van der Waals surface area contributed by atoms with Crippen LogP contribution < -0.4 is 26.0 Å². The predicted octanol–water partition coefficient (Wildman–Crippen LogP) is 7.45. The zero-order valence-electron chi connectivity index (χ0n) is 23.3. The third-order valence-electron chi connectivity index (χ3n) is 7.15. The summed E-state index contributed by atoms with van der Waals surface area (Å²) in [6, 6.07) is 35.6. The lowest BCUT2D eigenvalue weighted by molar-refractivity contribution is 0.0499. The maximum atomic E-state index is 6.17. The van der Waals surface area contributed by atoms with E-state index in [-0.39, 0.29) is 11.9 Å². The summed E-state index contributed by atoms with van der Waals surface area (Å²) in [7, 11) is 1.62. The number of hydrogen-bond donors (Lipinski definition) is 0. The number of ether oxygens (including phenoxy) is 2. The molecule has 2 unspecified atom stereocenters. The molecule has 4 aromatic rings. The Hall–Kier alpha value is -2.50. The zero-order chi connectivity index (χ0) is 27.0. The molecule has 38 heavy (non-hydrogen) atoms. The van der Waals surface area contributed by atoms with Crippen LogP contribution in [0, 0.1) is 13.8 Å². The van der Waals surface area contributed by atoms with E-state index in [1.54, 1.807) is 7.11 Å². The van der Waals surface area contributed by atoms with Crippen LogP contribution in [0.3, 0.4) is 0 Å². The Morgan fingerprint density at radius 1 is 0.789 bits per heavy atom. The maximum absolute atomic E-state index is 6.17. The first-order valence-electron chi connectivity index (χ1n) is 13.5. The highest BCUT2D eigenvalue weighted by molar-refractivity contribution is 7.81. The summed E-state index contributed by atoms with van der Waals surface area (Å²) in [6.07, 6.45) is 3.28. The Labute approximate surface area is 232 Å². The van der Waals surface area contributed by atoms with Gasteiger partial charge in [0.15, 0.2) is 6.79 Å². The van der Waals surface area contributed by atoms with Gasteiger partial charge in [-0.25, -0.2) is 0 Å². The van der Waals surface area contributed by atoms with Gasteiger partial charge >= 0.3 is 0 Å². The molecule has 4 heteroatoms. The molecule has 0 aliphatic heterocycles. The van der Waals surface area contributed by atoms with E-state index >= 15 is 0 Å². The molecule has 4 aromatic carbocycles. The molecule has 4 rings (SSSR count). The van der Waals surface area contributed by atoms with Crippen molar-refractivity contribution >= 4 is 37.7 Å². The van der Waals surface area contributed by atoms with E-state index in [1.807, 2.05) is 0 Å². The van der Waals surface area contributed by atoms with Gasteiger partial charge in [-0.05, 0) is 67.5 Å². The first-order valence-corrected chi connectivity index (χ1v) is 15.9. The summed E-state index contributed by atoms with van der Waals surface area (Å²) in [5, 5.41) is 5.74. The Kier molecular flexibility index (Phi) is 10.1. The smallest absolute Gasteiger partial charge is 0.188 e. The minimum atomic E-state index is -0.687. The molecule has 0 aliphatic rings. The van der Waals surface area contributed by atoms with Crippen LogP contribution in [-0.4, -0.2) is 13.9 Å². The van der Waals surface area contributed by atoms with Gasteiger partial charge in [0.2, 0.25) is 0 Å². The van der Waals surface area contributed by atoms with E-state index in [2.05, 4.69) is 125 Å². The van der Waals surface area contributed by atoms with Crippen molar-refractivity contribution < 1.29 is 9.47 Å². The molecule has 0 radical (unpaired) electrons. The van der Waals surface area contributed by atoms with Gasteiger partial charge in [0.25, 0.3) is 0 Å². The average Bonchev–Trinajstić information content (AvgIpc) is 2.95. The van der Waals surface area contributed by atoms with E-state index in [1.165, 1.54) is 37.9 Å². The molecule has 0 saturated carbocycles. The molecule has 0 amide bonds. The van der Waals surface area contributed by atoms with Crippen LogP contribution in [0.2, 0.25) is 0 Å². The molecule has 0 saturated heterocycles. The molecule has 0 aromatic heterocycles. The van der Waals surface area contributed by atoms with Crippen molar-refractivity contribution in [1.29, 1.82) is 0 Å². The maximum Gasteiger partial charge on any atom is 0.188 e. The lowest BCUT2D eigenvalue weighted by Gasteiger charge is -2.37. The molecule has 0 spiro atoms. The van der Waals surface area contributed by atoms with Crippen LogP contribution in [0.4, 0.5) is 0 Å².